The first-order chi connectivity index (χ1) is 17.9. The highest BCUT2D eigenvalue weighted by Gasteiger charge is 2.23. The van der Waals surface area contributed by atoms with Gasteiger partial charge in [0.1, 0.15) is 23.9 Å². The molecular formula is C29H39N5O3. The smallest absolute Gasteiger partial charge is 0.277 e. The first-order valence-electron chi connectivity index (χ1n) is 13.4. The predicted molar refractivity (Wildman–Crippen MR) is 148 cm³/mol. The molecule has 1 saturated heterocycles. The maximum atomic E-state index is 13.7. The second-order valence-electron chi connectivity index (χ2n) is 10.1. The molecular weight excluding hydrogens is 466 g/mol. The van der Waals surface area contributed by atoms with Gasteiger partial charge in [-0.25, -0.2) is 4.98 Å². The minimum Gasteiger partial charge on any atom is -0.491 e. The van der Waals surface area contributed by atoms with Crippen LogP contribution in [0.25, 0.3) is 22.3 Å². The van der Waals surface area contributed by atoms with Crippen molar-refractivity contribution in [2.75, 3.05) is 19.8 Å². The molecule has 8 nitrogen and oxygen atoms in total. The van der Waals surface area contributed by atoms with Crippen LogP contribution >= 0.6 is 0 Å². The molecule has 37 heavy (non-hydrogen) atoms. The second-order valence-corrected chi connectivity index (χ2v) is 10.1. The van der Waals surface area contributed by atoms with Crippen LogP contribution in [-0.2, 0) is 6.54 Å². The van der Waals surface area contributed by atoms with Crippen molar-refractivity contribution in [3.05, 3.63) is 58.4 Å². The zero-order valence-electron chi connectivity index (χ0n) is 21.9. The number of amidine groups is 1. The van der Waals surface area contributed by atoms with E-state index in [0.29, 0.717) is 52.2 Å². The number of aliphatic hydroxyl groups is 1. The van der Waals surface area contributed by atoms with Gasteiger partial charge in [0.2, 0.25) is 0 Å². The highest BCUT2D eigenvalue weighted by Crippen LogP contribution is 2.25. The van der Waals surface area contributed by atoms with Crippen molar-refractivity contribution in [3.8, 4) is 17.0 Å². The van der Waals surface area contributed by atoms with Gasteiger partial charge in [-0.3, -0.25) is 15.1 Å². The molecule has 0 aliphatic carbocycles. The lowest BCUT2D eigenvalue weighted by Gasteiger charge is -2.39. The lowest BCUT2D eigenvalue weighted by atomic mass is 9.97. The molecule has 1 aliphatic rings. The van der Waals surface area contributed by atoms with E-state index in [2.05, 4.69) is 18.7 Å². The van der Waals surface area contributed by atoms with Crippen LogP contribution in [0.3, 0.4) is 0 Å². The zero-order chi connectivity index (χ0) is 26.4. The van der Waals surface area contributed by atoms with E-state index in [0.717, 1.165) is 25.8 Å². The van der Waals surface area contributed by atoms with Crippen molar-refractivity contribution in [2.45, 2.75) is 71.0 Å². The number of ether oxygens (including phenoxy) is 1. The normalized spacial score (nSPS) is 18.2. The highest BCUT2D eigenvalue weighted by molar-refractivity contribution is 5.96. The van der Waals surface area contributed by atoms with Crippen molar-refractivity contribution in [1.82, 2.24) is 14.5 Å². The zero-order valence-corrected chi connectivity index (χ0v) is 21.9. The van der Waals surface area contributed by atoms with Crippen LogP contribution in [0.2, 0.25) is 0 Å². The molecule has 2 heterocycles. The number of piperidine rings is 1. The summed E-state index contributed by atoms with van der Waals surface area (Å²) in [5.41, 5.74) is 8.45. The molecule has 4 rings (SSSR count). The van der Waals surface area contributed by atoms with Gasteiger partial charge in [0.15, 0.2) is 0 Å². The molecule has 3 aromatic rings. The quantitative estimate of drug-likeness (QED) is 0.205. The fourth-order valence-electron chi connectivity index (χ4n) is 5.37. The molecule has 1 aliphatic heterocycles. The highest BCUT2D eigenvalue weighted by atomic mass is 16.5. The Kier molecular flexibility index (Phi) is 8.95. The van der Waals surface area contributed by atoms with Crippen molar-refractivity contribution < 1.29 is 9.84 Å². The topological polar surface area (TPSA) is 117 Å². The number of nitrogens with two attached hydrogens (primary N) is 1. The number of nitrogens with zero attached hydrogens (tertiary/aromatic N) is 3. The van der Waals surface area contributed by atoms with Gasteiger partial charge < -0.3 is 20.1 Å². The third kappa shape index (κ3) is 6.37. The van der Waals surface area contributed by atoms with Crippen LogP contribution in [0.5, 0.6) is 5.75 Å². The minimum atomic E-state index is -0.175. The van der Waals surface area contributed by atoms with Crippen LogP contribution in [0.15, 0.2) is 47.3 Å². The van der Waals surface area contributed by atoms with Gasteiger partial charge in [-0.2, -0.15) is 0 Å². The van der Waals surface area contributed by atoms with Gasteiger partial charge in [-0.05, 0) is 64.3 Å². The van der Waals surface area contributed by atoms with Crippen molar-refractivity contribution >= 4 is 16.9 Å². The molecule has 8 heteroatoms. The third-order valence-corrected chi connectivity index (χ3v) is 7.40. The fourth-order valence-corrected chi connectivity index (χ4v) is 5.37. The maximum absolute atomic E-state index is 13.7. The van der Waals surface area contributed by atoms with Crippen LogP contribution in [0, 0.1) is 5.41 Å². The van der Waals surface area contributed by atoms with E-state index in [1.807, 2.05) is 18.2 Å². The summed E-state index contributed by atoms with van der Waals surface area (Å²) < 4.78 is 7.40. The molecule has 1 fully saturated rings. The Hall–Kier alpha value is -3.23. The van der Waals surface area contributed by atoms with Crippen LogP contribution in [-0.4, -0.2) is 57.2 Å². The molecule has 0 unspecified atom stereocenters. The van der Waals surface area contributed by atoms with Gasteiger partial charge in [-0.1, -0.05) is 31.0 Å². The molecule has 198 valence electrons. The van der Waals surface area contributed by atoms with Crippen molar-refractivity contribution in [3.63, 3.8) is 0 Å². The van der Waals surface area contributed by atoms with E-state index >= 15 is 0 Å². The molecule has 2 atom stereocenters. The molecule has 0 saturated carbocycles. The lowest BCUT2D eigenvalue weighted by Crippen LogP contribution is -2.44. The third-order valence-electron chi connectivity index (χ3n) is 7.40. The van der Waals surface area contributed by atoms with E-state index in [1.165, 1.54) is 19.3 Å². The number of unbranched alkanes of at least 4 members (excludes halogenated alkanes) is 2. The number of aliphatic hydroxyl groups excluding tert-OH is 1. The number of likely N-dealkylation sites (tertiary alicyclic amines) is 1. The van der Waals surface area contributed by atoms with Crippen LogP contribution < -0.4 is 16.0 Å². The second kappa shape index (κ2) is 12.3. The molecule has 0 amide bonds. The van der Waals surface area contributed by atoms with Gasteiger partial charge in [0.25, 0.3) is 5.56 Å². The summed E-state index contributed by atoms with van der Waals surface area (Å²) in [6.45, 7) is 6.44. The van der Waals surface area contributed by atoms with E-state index in [4.69, 9.17) is 26.0 Å². The number of aromatic nitrogens is 2. The van der Waals surface area contributed by atoms with Gasteiger partial charge in [0.05, 0.1) is 17.6 Å². The number of benzene rings is 2. The van der Waals surface area contributed by atoms with Crippen molar-refractivity contribution in [2.24, 2.45) is 5.73 Å². The van der Waals surface area contributed by atoms with E-state index < -0.39 is 0 Å². The number of rotatable bonds is 11. The molecule has 0 radical (unpaired) electrons. The van der Waals surface area contributed by atoms with Gasteiger partial charge in [0, 0.05) is 35.8 Å². The average molecular weight is 506 g/mol. The Morgan fingerprint density at radius 3 is 2.59 bits per heavy atom. The number of hydrogen-bond donors (Lipinski definition) is 3. The Morgan fingerprint density at radius 2 is 1.86 bits per heavy atom. The molecule has 1 aromatic heterocycles. The number of nitrogens with one attached hydrogen (secondary N) is 1. The lowest BCUT2D eigenvalue weighted by molar-refractivity contribution is 0.101. The summed E-state index contributed by atoms with van der Waals surface area (Å²) >= 11 is 0. The van der Waals surface area contributed by atoms with Crippen LogP contribution in [0.1, 0.15) is 57.9 Å². The molecule has 0 spiro atoms. The number of fused-ring (bicyclic) bond motifs is 1. The van der Waals surface area contributed by atoms with Crippen molar-refractivity contribution in [1.29, 1.82) is 5.41 Å². The fraction of sp³-hybridized carbons (Fsp3) is 0.483. The first-order valence-corrected chi connectivity index (χ1v) is 13.4. The summed E-state index contributed by atoms with van der Waals surface area (Å²) in [7, 11) is 0. The summed E-state index contributed by atoms with van der Waals surface area (Å²) in [5, 5.41) is 16.9. The van der Waals surface area contributed by atoms with Crippen LogP contribution in [0.4, 0.5) is 0 Å². The van der Waals surface area contributed by atoms with Gasteiger partial charge in [-0.15, -0.1) is 0 Å². The number of aryl methyl sites for hydroxylation is 1. The first kappa shape index (κ1) is 26.8. The number of hydrogen-bond acceptors (Lipinski definition) is 6. The standard InChI is InChI=1S/C29H39N5O3/c1-20-8-6-9-21(2)33(20)14-4-3-5-15-34-26-19-24(37-17-16-35)12-13-25(26)32-27(29(34)36)22-10-7-11-23(18-22)28(30)31/h7,10-13,18-21,35H,3-6,8-9,14-17H2,1-2H3,(H3,30,31)/t20-,21+. The van der Waals surface area contributed by atoms with E-state index in [-0.39, 0.29) is 24.6 Å². The Morgan fingerprint density at radius 1 is 1.11 bits per heavy atom. The Bertz CT molecular complexity index is 1280. The summed E-state index contributed by atoms with van der Waals surface area (Å²) in [4.78, 5) is 21.0. The minimum absolute atomic E-state index is 0.0500. The van der Waals surface area contributed by atoms with Gasteiger partial charge >= 0.3 is 0 Å². The SMILES string of the molecule is C[C@@H]1CCC[C@H](C)N1CCCCCn1c(=O)c(-c2cccc(C(=N)N)c2)nc2ccc(OCCO)cc21. The molecule has 0 bridgehead atoms. The maximum Gasteiger partial charge on any atom is 0.277 e. The molecule has 4 N–H and O–H groups in total. The summed E-state index contributed by atoms with van der Waals surface area (Å²) in [6.07, 6.45) is 6.88. The van der Waals surface area contributed by atoms with E-state index in [1.54, 1.807) is 28.8 Å². The summed E-state index contributed by atoms with van der Waals surface area (Å²) in [6, 6.07) is 13.9. The van der Waals surface area contributed by atoms with E-state index in [9.17, 15) is 4.79 Å². The monoisotopic (exact) mass is 505 g/mol. The average Bonchev–Trinajstić information content (AvgIpc) is 2.89. The molecule has 2 aromatic carbocycles. The Balaban J connectivity index is 1.59. The largest absolute Gasteiger partial charge is 0.491 e. The summed E-state index contributed by atoms with van der Waals surface area (Å²) in [5.74, 6) is 0.543. The number of nitrogen functional groups attached to an aromatic ring is 1. The predicted octanol–water partition coefficient (Wildman–Crippen LogP) is 4.15. The Labute approximate surface area is 218 Å².